The normalized spacial score (nSPS) is 13.7. The van der Waals surface area contributed by atoms with E-state index in [0.29, 0.717) is 26.2 Å². The third kappa shape index (κ3) is 10.7. The molecular weight excluding hydrogens is 490 g/mol. The van der Waals surface area contributed by atoms with Crippen molar-refractivity contribution in [3.63, 3.8) is 0 Å². The minimum Gasteiger partial charge on any atom is -0.444 e. The number of hydrogen-bond donors (Lipinski definition) is 0. The zero-order chi connectivity index (χ0) is 28.1. The fourth-order valence-corrected chi connectivity index (χ4v) is 4.24. The summed E-state index contributed by atoms with van der Waals surface area (Å²) in [6, 6.07) is 29.3. The van der Waals surface area contributed by atoms with Gasteiger partial charge in [0.25, 0.3) is 0 Å². The van der Waals surface area contributed by atoms with Gasteiger partial charge in [-0.05, 0) is 44.4 Å². The Kier molecular flexibility index (Phi) is 11.7. The summed E-state index contributed by atoms with van der Waals surface area (Å²) in [6.07, 6.45) is 0.350. The summed E-state index contributed by atoms with van der Waals surface area (Å²) in [4.78, 5) is 26.8. The topological polar surface area (TPSA) is 65.1 Å². The lowest BCUT2D eigenvalue weighted by Gasteiger charge is -2.37. The molecule has 208 valence electrons. The van der Waals surface area contributed by atoms with Crippen molar-refractivity contribution in [3.05, 3.63) is 108 Å². The van der Waals surface area contributed by atoms with Crippen molar-refractivity contribution in [2.24, 2.45) is 0 Å². The molecule has 1 amide bonds. The lowest BCUT2D eigenvalue weighted by Crippen LogP contribution is -2.48. The van der Waals surface area contributed by atoms with Crippen LogP contribution in [0, 0.1) is 0 Å². The summed E-state index contributed by atoms with van der Waals surface area (Å²) in [5.74, 6) is 0. The van der Waals surface area contributed by atoms with Crippen LogP contribution in [0.15, 0.2) is 91.0 Å². The molecule has 6 heteroatoms. The zero-order valence-electron chi connectivity index (χ0n) is 23.5. The Morgan fingerprint density at radius 3 is 1.77 bits per heavy atom. The Balaban J connectivity index is 1.85. The predicted molar refractivity (Wildman–Crippen MR) is 153 cm³/mol. The number of carbonyl (C=O) groups excluding carboxylic acids is 2. The van der Waals surface area contributed by atoms with Crippen molar-refractivity contribution in [1.29, 1.82) is 0 Å². The van der Waals surface area contributed by atoms with Crippen LogP contribution < -0.4 is 0 Å². The first kappa shape index (κ1) is 30.1. The van der Waals surface area contributed by atoms with Gasteiger partial charge in [0.05, 0.1) is 31.5 Å². The molecule has 0 heterocycles. The van der Waals surface area contributed by atoms with Gasteiger partial charge in [0.2, 0.25) is 0 Å². The van der Waals surface area contributed by atoms with Crippen molar-refractivity contribution in [2.45, 2.75) is 84.1 Å². The fraction of sp³-hybridized carbons (Fsp3) is 0.394. The van der Waals surface area contributed by atoms with Crippen LogP contribution in [0.1, 0.15) is 57.2 Å². The van der Waals surface area contributed by atoms with Crippen LogP contribution in [0.5, 0.6) is 0 Å². The van der Waals surface area contributed by atoms with Crippen LogP contribution in [-0.4, -0.2) is 41.1 Å². The molecule has 39 heavy (non-hydrogen) atoms. The second kappa shape index (κ2) is 15.2. The first-order chi connectivity index (χ1) is 18.7. The second-order valence-electron chi connectivity index (χ2n) is 10.7. The van der Waals surface area contributed by atoms with E-state index in [0.717, 1.165) is 23.0 Å². The monoisotopic (exact) mass is 531 g/mol. The van der Waals surface area contributed by atoms with Gasteiger partial charge in [0.1, 0.15) is 11.9 Å². The molecule has 0 saturated carbocycles. The molecule has 3 rings (SSSR count). The lowest BCUT2D eigenvalue weighted by molar-refractivity contribution is -0.113. The molecule has 0 aliphatic rings. The van der Waals surface area contributed by atoms with Gasteiger partial charge in [-0.3, -0.25) is 4.90 Å². The molecule has 0 unspecified atom stereocenters. The average Bonchev–Trinajstić information content (AvgIpc) is 2.93. The van der Waals surface area contributed by atoms with E-state index in [2.05, 4.69) is 0 Å². The molecule has 0 N–H and O–H groups in total. The number of benzene rings is 3. The predicted octanol–water partition coefficient (Wildman–Crippen LogP) is 6.96. The molecule has 6 nitrogen and oxygen atoms in total. The molecule has 3 aromatic carbocycles. The highest BCUT2D eigenvalue weighted by Gasteiger charge is 2.33. The third-order valence-corrected chi connectivity index (χ3v) is 6.34. The van der Waals surface area contributed by atoms with E-state index in [1.807, 2.05) is 119 Å². The zero-order valence-corrected chi connectivity index (χ0v) is 23.5. The maximum absolute atomic E-state index is 13.5. The molecule has 0 aliphatic carbocycles. The molecule has 3 atom stereocenters. The van der Waals surface area contributed by atoms with Crippen LogP contribution in [0.25, 0.3) is 0 Å². The Morgan fingerprint density at radius 2 is 1.28 bits per heavy atom. The number of carbonyl (C=O) groups is 2. The number of aldehydes is 1. The van der Waals surface area contributed by atoms with E-state index in [-0.39, 0.29) is 18.6 Å². The van der Waals surface area contributed by atoms with Gasteiger partial charge in [-0.2, -0.15) is 0 Å². The summed E-state index contributed by atoms with van der Waals surface area (Å²) < 4.78 is 18.5. The number of ether oxygens (including phenoxy) is 3. The summed E-state index contributed by atoms with van der Waals surface area (Å²) in [5, 5.41) is 0. The molecule has 0 bridgehead atoms. The SMILES string of the molecule is C[C@@H]([C@H](C[C@@H](CC=O)OCc1ccccc1)OCc1ccccc1)N(Cc1ccccc1)C(=O)OC(C)(C)C. The van der Waals surface area contributed by atoms with Crippen molar-refractivity contribution >= 4 is 12.4 Å². The minimum absolute atomic E-state index is 0.232. The minimum atomic E-state index is -0.648. The van der Waals surface area contributed by atoms with E-state index in [4.69, 9.17) is 14.2 Å². The van der Waals surface area contributed by atoms with Gasteiger partial charge in [-0.1, -0.05) is 91.0 Å². The molecular formula is C33H41NO5. The Hall–Kier alpha value is -3.48. The van der Waals surface area contributed by atoms with Crippen molar-refractivity contribution in [2.75, 3.05) is 0 Å². The molecule has 0 saturated heterocycles. The highest BCUT2D eigenvalue weighted by atomic mass is 16.6. The van der Waals surface area contributed by atoms with Crippen LogP contribution in [0.3, 0.4) is 0 Å². The maximum atomic E-state index is 13.5. The number of hydrogen-bond acceptors (Lipinski definition) is 5. The van der Waals surface area contributed by atoms with E-state index in [9.17, 15) is 9.59 Å². The molecule has 0 radical (unpaired) electrons. The second-order valence-corrected chi connectivity index (χ2v) is 10.7. The molecule has 0 aliphatic heterocycles. The summed E-state index contributed by atoms with van der Waals surface area (Å²) >= 11 is 0. The van der Waals surface area contributed by atoms with Gasteiger partial charge < -0.3 is 19.0 Å². The summed E-state index contributed by atoms with van der Waals surface area (Å²) in [7, 11) is 0. The first-order valence-electron chi connectivity index (χ1n) is 13.5. The third-order valence-electron chi connectivity index (χ3n) is 6.34. The first-order valence-corrected chi connectivity index (χ1v) is 13.5. The van der Waals surface area contributed by atoms with Gasteiger partial charge in [-0.15, -0.1) is 0 Å². The summed E-state index contributed by atoms with van der Waals surface area (Å²) in [5.41, 5.74) is 2.40. The Bertz CT molecular complexity index is 1120. The van der Waals surface area contributed by atoms with Crippen molar-refractivity contribution in [3.8, 4) is 0 Å². The van der Waals surface area contributed by atoms with E-state index < -0.39 is 17.8 Å². The molecule has 3 aromatic rings. The largest absolute Gasteiger partial charge is 0.444 e. The van der Waals surface area contributed by atoms with Crippen LogP contribution >= 0.6 is 0 Å². The maximum Gasteiger partial charge on any atom is 0.410 e. The quantitative estimate of drug-likeness (QED) is 0.210. The van der Waals surface area contributed by atoms with Crippen LogP contribution in [-0.2, 0) is 38.8 Å². The smallest absolute Gasteiger partial charge is 0.410 e. The van der Waals surface area contributed by atoms with E-state index in [1.54, 1.807) is 4.90 Å². The Morgan fingerprint density at radius 1 is 0.795 bits per heavy atom. The van der Waals surface area contributed by atoms with Gasteiger partial charge in [-0.25, -0.2) is 4.79 Å². The van der Waals surface area contributed by atoms with Gasteiger partial charge >= 0.3 is 6.09 Å². The molecule has 0 spiro atoms. The van der Waals surface area contributed by atoms with E-state index in [1.165, 1.54) is 0 Å². The number of nitrogens with zero attached hydrogens (tertiary/aromatic N) is 1. The van der Waals surface area contributed by atoms with Crippen LogP contribution in [0.4, 0.5) is 4.79 Å². The highest BCUT2D eigenvalue weighted by molar-refractivity contribution is 5.68. The fourth-order valence-electron chi connectivity index (χ4n) is 4.24. The van der Waals surface area contributed by atoms with Gasteiger partial charge in [0.15, 0.2) is 0 Å². The molecule has 0 fully saturated rings. The number of amides is 1. The lowest BCUT2D eigenvalue weighted by atomic mass is 10.0. The Labute approximate surface area is 232 Å². The highest BCUT2D eigenvalue weighted by Crippen LogP contribution is 2.23. The van der Waals surface area contributed by atoms with Gasteiger partial charge in [0, 0.05) is 19.4 Å². The van der Waals surface area contributed by atoms with Crippen LogP contribution in [0.2, 0.25) is 0 Å². The van der Waals surface area contributed by atoms with Crippen molar-refractivity contribution < 1.29 is 23.8 Å². The number of rotatable bonds is 14. The molecule has 0 aromatic heterocycles. The average molecular weight is 532 g/mol. The summed E-state index contributed by atoms with van der Waals surface area (Å²) in [6.45, 7) is 8.67. The van der Waals surface area contributed by atoms with Crippen molar-refractivity contribution in [1.82, 2.24) is 4.90 Å². The van der Waals surface area contributed by atoms with E-state index >= 15 is 0 Å². The standard InChI is InChI=1S/C33H41NO5/c1-26(34(32(36)39-33(2,3)4)23-27-14-8-5-9-15-27)31(38-25-29-18-12-7-13-19-29)22-30(20-21-35)37-24-28-16-10-6-11-17-28/h5-19,21,26,30-31H,20,22-25H2,1-4H3/t26-,30+,31-/m0/s1.